The Morgan fingerprint density at radius 2 is 1.71 bits per heavy atom. The van der Waals surface area contributed by atoms with Gasteiger partial charge in [-0.05, 0) is 35.9 Å². The fourth-order valence-corrected chi connectivity index (χ4v) is 2.41. The predicted octanol–water partition coefficient (Wildman–Crippen LogP) is 3.63. The lowest BCUT2D eigenvalue weighted by Crippen LogP contribution is -2.26. The van der Waals surface area contributed by atoms with Gasteiger partial charge in [0.15, 0.2) is 5.78 Å². The minimum absolute atomic E-state index is 0.420. The van der Waals surface area contributed by atoms with Crippen LogP contribution < -0.4 is 0 Å². The van der Waals surface area contributed by atoms with E-state index in [1.165, 1.54) is 18.2 Å². The Hall–Kier alpha value is -1.59. The molecule has 0 fully saturated rings. The zero-order valence-corrected chi connectivity index (χ0v) is 13.9. The van der Waals surface area contributed by atoms with E-state index in [-0.39, 0.29) is 0 Å². The van der Waals surface area contributed by atoms with Crippen LogP contribution in [-0.4, -0.2) is 17.3 Å². The molecule has 1 aliphatic carbocycles. The van der Waals surface area contributed by atoms with Crippen LogP contribution in [0.5, 0.6) is 0 Å². The van der Waals surface area contributed by atoms with Crippen molar-refractivity contribution in [2.24, 2.45) is 5.92 Å². The number of hydrogen-bond acceptors (Lipinski definition) is 3. The third kappa shape index (κ3) is 4.19. The second-order valence-corrected chi connectivity index (χ2v) is 6.21. The molecule has 0 aromatic heterocycles. The maximum Gasteiger partial charge on any atom is 0.222 e. The van der Waals surface area contributed by atoms with Gasteiger partial charge in [-0.3, -0.25) is 14.4 Å². The molecule has 106 valence electrons. The quantitative estimate of drug-likeness (QED) is 0.435. The molecule has 0 heterocycles. The SMILES string of the molecule is O=C1C=CC(Br)=CC(C(=O)/C=C/c2ccc(Br)cc2)C1=O. The van der Waals surface area contributed by atoms with Crippen molar-refractivity contribution in [3.05, 3.63) is 63.1 Å². The number of benzene rings is 1. The first-order chi connectivity index (χ1) is 9.97. The van der Waals surface area contributed by atoms with Gasteiger partial charge in [0.1, 0.15) is 5.92 Å². The van der Waals surface area contributed by atoms with Crippen molar-refractivity contribution < 1.29 is 14.4 Å². The summed E-state index contributed by atoms with van der Waals surface area (Å²) in [5.74, 6) is -2.88. The van der Waals surface area contributed by atoms with Crippen molar-refractivity contribution in [1.82, 2.24) is 0 Å². The van der Waals surface area contributed by atoms with E-state index in [1.54, 1.807) is 6.08 Å². The molecule has 1 unspecified atom stereocenters. The predicted molar refractivity (Wildman–Crippen MR) is 87.8 cm³/mol. The van der Waals surface area contributed by atoms with E-state index in [4.69, 9.17) is 0 Å². The summed E-state index contributed by atoms with van der Waals surface area (Å²) in [4.78, 5) is 35.5. The highest BCUT2D eigenvalue weighted by molar-refractivity contribution is 9.12. The lowest BCUT2D eigenvalue weighted by Gasteiger charge is -2.04. The van der Waals surface area contributed by atoms with Crippen molar-refractivity contribution in [2.75, 3.05) is 0 Å². The van der Waals surface area contributed by atoms with E-state index in [0.29, 0.717) is 4.48 Å². The zero-order valence-electron chi connectivity index (χ0n) is 10.8. The van der Waals surface area contributed by atoms with Crippen LogP contribution in [0, 0.1) is 5.92 Å². The molecule has 21 heavy (non-hydrogen) atoms. The van der Waals surface area contributed by atoms with Crippen LogP contribution in [0.15, 0.2) is 57.5 Å². The number of halogens is 2. The largest absolute Gasteiger partial charge is 0.294 e. The monoisotopic (exact) mass is 408 g/mol. The highest BCUT2D eigenvalue weighted by Gasteiger charge is 2.28. The summed E-state index contributed by atoms with van der Waals surface area (Å²) in [6.07, 6.45) is 7.01. The first-order valence-corrected chi connectivity index (χ1v) is 7.67. The number of allylic oxidation sites excluding steroid dienone is 5. The van der Waals surface area contributed by atoms with Crippen molar-refractivity contribution in [3.8, 4) is 0 Å². The molecule has 0 aliphatic heterocycles. The van der Waals surface area contributed by atoms with E-state index < -0.39 is 23.3 Å². The Bertz CT molecular complexity index is 682. The van der Waals surface area contributed by atoms with Crippen LogP contribution >= 0.6 is 31.9 Å². The van der Waals surface area contributed by atoms with Crippen molar-refractivity contribution in [3.63, 3.8) is 0 Å². The number of carbonyl (C=O) groups excluding carboxylic acids is 3. The van der Waals surface area contributed by atoms with Gasteiger partial charge in [0.05, 0.1) is 0 Å². The van der Waals surface area contributed by atoms with Gasteiger partial charge in [-0.25, -0.2) is 0 Å². The number of carbonyl (C=O) groups is 3. The molecule has 1 aromatic rings. The topological polar surface area (TPSA) is 51.2 Å². The summed E-state index contributed by atoms with van der Waals surface area (Å²) in [5, 5.41) is 0. The first kappa shape index (κ1) is 15.8. The van der Waals surface area contributed by atoms with Crippen molar-refractivity contribution in [2.45, 2.75) is 0 Å². The van der Waals surface area contributed by atoms with E-state index in [9.17, 15) is 14.4 Å². The molecule has 2 rings (SSSR count). The number of hydrogen-bond donors (Lipinski definition) is 0. The van der Waals surface area contributed by atoms with Gasteiger partial charge in [0.25, 0.3) is 0 Å². The average molecular weight is 410 g/mol. The molecule has 0 spiro atoms. The fraction of sp³-hybridized carbons (Fsp3) is 0.0625. The van der Waals surface area contributed by atoms with Gasteiger partial charge in [0.2, 0.25) is 11.6 Å². The van der Waals surface area contributed by atoms with E-state index in [2.05, 4.69) is 31.9 Å². The summed E-state index contributed by atoms with van der Waals surface area (Å²) in [5.41, 5.74) is 0.833. The van der Waals surface area contributed by atoms with Gasteiger partial charge in [-0.15, -0.1) is 0 Å². The summed E-state index contributed by atoms with van der Waals surface area (Å²) in [7, 11) is 0. The Kier molecular flexibility index (Phi) is 5.20. The Morgan fingerprint density at radius 1 is 1.05 bits per heavy atom. The molecular formula is C16H10Br2O3. The molecule has 1 atom stereocenters. The molecule has 3 nitrogen and oxygen atoms in total. The Labute approximate surface area is 138 Å². The molecule has 0 saturated heterocycles. The van der Waals surface area contributed by atoms with Gasteiger partial charge < -0.3 is 0 Å². The maximum atomic E-state index is 12.1. The summed E-state index contributed by atoms with van der Waals surface area (Å²) < 4.78 is 1.48. The molecule has 0 radical (unpaired) electrons. The van der Waals surface area contributed by atoms with Crippen molar-refractivity contribution >= 4 is 55.3 Å². The Morgan fingerprint density at radius 3 is 2.38 bits per heavy atom. The van der Waals surface area contributed by atoms with Crippen molar-refractivity contribution in [1.29, 1.82) is 0 Å². The summed E-state index contributed by atoms with van der Waals surface area (Å²) in [6, 6.07) is 7.37. The summed E-state index contributed by atoms with van der Waals surface area (Å²) >= 11 is 6.52. The van der Waals surface area contributed by atoms with E-state index >= 15 is 0 Å². The minimum atomic E-state index is -1.08. The smallest absolute Gasteiger partial charge is 0.222 e. The molecule has 0 N–H and O–H groups in total. The number of Topliss-reactive ketones (excluding diaryl/α,β-unsaturated/α-hetero) is 1. The summed E-state index contributed by atoms with van der Waals surface area (Å²) in [6.45, 7) is 0. The average Bonchev–Trinajstić information content (AvgIpc) is 2.60. The van der Waals surface area contributed by atoms with Crippen LogP contribution in [0.1, 0.15) is 5.56 Å². The lowest BCUT2D eigenvalue weighted by atomic mass is 9.96. The van der Waals surface area contributed by atoms with E-state index in [0.717, 1.165) is 16.1 Å². The highest BCUT2D eigenvalue weighted by atomic mass is 79.9. The minimum Gasteiger partial charge on any atom is -0.294 e. The van der Waals surface area contributed by atoms with Crippen LogP contribution in [0.4, 0.5) is 0 Å². The maximum absolute atomic E-state index is 12.1. The standard InChI is InChI=1S/C16H10Br2O3/c17-11-4-1-10(2-5-11)3-7-14(19)13-9-12(18)6-8-15(20)16(13)21/h1-9,13H/b7-3+. The van der Waals surface area contributed by atoms with E-state index in [1.807, 2.05) is 24.3 Å². The second-order valence-electron chi connectivity index (χ2n) is 4.38. The molecule has 5 heteroatoms. The van der Waals surface area contributed by atoms with Gasteiger partial charge in [0, 0.05) is 8.96 Å². The molecule has 0 bridgehead atoms. The number of ketones is 3. The second kappa shape index (κ2) is 6.91. The van der Waals surface area contributed by atoms with Crippen LogP contribution in [0.3, 0.4) is 0 Å². The first-order valence-electron chi connectivity index (χ1n) is 6.08. The third-order valence-electron chi connectivity index (χ3n) is 2.86. The third-order valence-corrected chi connectivity index (χ3v) is 3.92. The number of rotatable bonds is 3. The molecule has 1 aromatic carbocycles. The normalized spacial score (nSPS) is 18.8. The van der Waals surface area contributed by atoms with Crippen LogP contribution in [0.2, 0.25) is 0 Å². The van der Waals surface area contributed by atoms with Crippen LogP contribution in [-0.2, 0) is 14.4 Å². The van der Waals surface area contributed by atoms with Gasteiger partial charge >= 0.3 is 0 Å². The molecule has 0 saturated carbocycles. The molecular weight excluding hydrogens is 400 g/mol. The van der Waals surface area contributed by atoms with Gasteiger partial charge in [-0.2, -0.15) is 0 Å². The fourth-order valence-electron chi connectivity index (χ4n) is 1.75. The Balaban J connectivity index is 2.19. The zero-order chi connectivity index (χ0) is 15.4. The van der Waals surface area contributed by atoms with Gasteiger partial charge in [-0.1, -0.05) is 56.1 Å². The highest BCUT2D eigenvalue weighted by Crippen LogP contribution is 2.19. The van der Waals surface area contributed by atoms with Crippen LogP contribution in [0.25, 0.3) is 6.08 Å². The molecule has 1 aliphatic rings. The molecule has 0 amide bonds. The lowest BCUT2D eigenvalue weighted by molar-refractivity contribution is -0.138.